The van der Waals surface area contributed by atoms with Crippen LogP contribution in [0.4, 0.5) is 5.69 Å². The van der Waals surface area contributed by atoms with Gasteiger partial charge in [0.1, 0.15) is 0 Å². The van der Waals surface area contributed by atoms with Gasteiger partial charge in [-0.15, -0.1) is 0 Å². The Kier molecular flexibility index (Phi) is 8.25. The maximum Gasteiger partial charge on any atom is 0.251 e. The number of anilines is 1. The molecule has 0 saturated carbocycles. The van der Waals surface area contributed by atoms with Gasteiger partial charge in [0.2, 0.25) is 10.0 Å². The summed E-state index contributed by atoms with van der Waals surface area (Å²) < 4.78 is 24.8. The van der Waals surface area contributed by atoms with Crippen molar-refractivity contribution < 1.29 is 13.2 Å². The monoisotopic (exact) mass is 354 g/mol. The molecule has 1 rings (SSSR count). The van der Waals surface area contributed by atoms with Crippen molar-refractivity contribution in [1.29, 1.82) is 0 Å². The largest absolute Gasteiger partial charge is 0.352 e. The van der Waals surface area contributed by atoms with Gasteiger partial charge < -0.3 is 5.32 Å². The molecule has 0 aliphatic carbocycles. The second-order valence-electron chi connectivity index (χ2n) is 6.10. The number of carbonyl (C=O) groups excluding carboxylic acids is 1. The van der Waals surface area contributed by atoms with E-state index in [4.69, 9.17) is 0 Å². The number of amides is 1. The molecule has 1 amide bonds. The first-order chi connectivity index (χ1) is 11.3. The maximum absolute atomic E-state index is 12.2. The Labute approximate surface area is 146 Å². The van der Waals surface area contributed by atoms with Crippen molar-refractivity contribution in [3.8, 4) is 0 Å². The number of hydrogen-bond acceptors (Lipinski definition) is 3. The number of rotatable bonds is 10. The highest BCUT2D eigenvalue weighted by atomic mass is 32.2. The molecule has 0 aromatic heterocycles. The minimum absolute atomic E-state index is 0.112. The number of hydrogen-bond donors (Lipinski definition) is 1. The van der Waals surface area contributed by atoms with Crippen molar-refractivity contribution in [1.82, 2.24) is 5.32 Å². The number of nitrogens with zero attached hydrogens (tertiary/aromatic N) is 1. The molecular formula is C18H30N2O3S. The summed E-state index contributed by atoms with van der Waals surface area (Å²) in [5.74, 6) is 0.396. The third kappa shape index (κ3) is 6.15. The Bertz CT molecular complexity index is 612. The van der Waals surface area contributed by atoms with Crippen molar-refractivity contribution in [2.75, 3.05) is 23.7 Å². The molecule has 1 atom stereocenters. The molecule has 1 aromatic rings. The van der Waals surface area contributed by atoms with Crippen LogP contribution in [-0.4, -0.2) is 33.7 Å². The molecular weight excluding hydrogens is 324 g/mol. The van der Waals surface area contributed by atoms with Crippen molar-refractivity contribution in [2.45, 2.75) is 46.5 Å². The van der Waals surface area contributed by atoms with Gasteiger partial charge in [-0.05, 0) is 43.5 Å². The molecule has 1 N–H and O–H groups in total. The highest BCUT2D eigenvalue weighted by molar-refractivity contribution is 7.92. The van der Waals surface area contributed by atoms with Gasteiger partial charge >= 0.3 is 0 Å². The van der Waals surface area contributed by atoms with Crippen LogP contribution in [-0.2, 0) is 10.0 Å². The van der Waals surface area contributed by atoms with E-state index in [0.717, 1.165) is 12.8 Å². The van der Waals surface area contributed by atoms with Crippen LogP contribution in [0.2, 0.25) is 0 Å². The minimum atomic E-state index is -3.30. The Morgan fingerprint density at radius 2 is 1.79 bits per heavy atom. The fourth-order valence-electron chi connectivity index (χ4n) is 2.67. The van der Waals surface area contributed by atoms with E-state index in [2.05, 4.69) is 19.2 Å². The van der Waals surface area contributed by atoms with E-state index in [1.54, 1.807) is 31.2 Å². The quantitative estimate of drug-likeness (QED) is 0.700. The first-order valence-corrected chi connectivity index (χ1v) is 10.5. The molecule has 0 saturated heterocycles. The van der Waals surface area contributed by atoms with Crippen LogP contribution in [0.3, 0.4) is 0 Å². The van der Waals surface area contributed by atoms with E-state index in [-0.39, 0.29) is 5.91 Å². The average Bonchev–Trinajstić information content (AvgIpc) is 2.54. The molecule has 0 heterocycles. The van der Waals surface area contributed by atoms with E-state index in [9.17, 15) is 13.2 Å². The minimum Gasteiger partial charge on any atom is -0.352 e. The lowest BCUT2D eigenvalue weighted by atomic mass is 9.99. The highest BCUT2D eigenvalue weighted by Crippen LogP contribution is 2.18. The summed E-state index contributed by atoms with van der Waals surface area (Å²) >= 11 is 0. The van der Waals surface area contributed by atoms with Crippen LogP contribution in [0.5, 0.6) is 0 Å². The number of benzene rings is 1. The molecule has 0 radical (unpaired) electrons. The predicted octanol–water partition coefficient (Wildman–Crippen LogP) is 3.42. The Morgan fingerprint density at radius 1 is 1.17 bits per heavy atom. The van der Waals surface area contributed by atoms with E-state index in [1.807, 2.05) is 0 Å². The van der Waals surface area contributed by atoms with Crippen LogP contribution in [0.25, 0.3) is 0 Å². The lowest BCUT2D eigenvalue weighted by Crippen LogP contribution is -2.30. The Morgan fingerprint density at radius 3 is 2.25 bits per heavy atom. The van der Waals surface area contributed by atoms with Gasteiger partial charge in [-0.2, -0.15) is 0 Å². The van der Waals surface area contributed by atoms with Gasteiger partial charge in [-0.1, -0.05) is 33.1 Å². The molecule has 0 aliphatic rings. The summed E-state index contributed by atoms with van der Waals surface area (Å²) in [5.41, 5.74) is 1.12. The zero-order valence-electron chi connectivity index (χ0n) is 15.2. The zero-order valence-corrected chi connectivity index (χ0v) is 16.0. The smallest absolute Gasteiger partial charge is 0.251 e. The SMILES string of the molecule is CCCC[C@H](CC)CNC(=O)c1ccc(N(CC)S(C)(=O)=O)cc1. The summed E-state index contributed by atoms with van der Waals surface area (Å²) in [5, 5.41) is 2.98. The van der Waals surface area contributed by atoms with Gasteiger partial charge in [-0.25, -0.2) is 8.42 Å². The van der Waals surface area contributed by atoms with Crippen molar-refractivity contribution in [2.24, 2.45) is 5.92 Å². The van der Waals surface area contributed by atoms with Gasteiger partial charge in [0.05, 0.1) is 11.9 Å². The third-order valence-electron chi connectivity index (χ3n) is 4.20. The molecule has 1 aromatic carbocycles. The van der Waals surface area contributed by atoms with Crippen molar-refractivity contribution in [3.63, 3.8) is 0 Å². The normalized spacial score (nSPS) is 12.7. The number of unbranched alkanes of at least 4 members (excludes halogenated alkanes) is 1. The standard InChI is InChI=1S/C18H30N2O3S/c1-5-8-9-15(6-2)14-19-18(21)16-10-12-17(13-11-16)20(7-3)24(4,22)23/h10-13,15H,5-9,14H2,1-4H3,(H,19,21)/t15-/m0/s1. The fraction of sp³-hybridized carbons (Fsp3) is 0.611. The lowest BCUT2D eigenvalue weighted by Gasteiger charge is -2.20. The van der Waals surface area contributed by atoms with Crippen LogP contribution in [0.15, 0.2) is 24.3 Å². The number of sulfonamides is 1. The topological polar surface area (TPSA) is 66.5 Å². The number of nitrogens with one attached hydrogen (secondary N) is 1. The molecule has 24 heavy (non-hydrogen) atoms. The molecule has 5 nitrogen and oxygen atoms in total. The summed E-state index contributed by atoms with van der Waals surface area (Å²) in [6.07, 6.45) is 5.71. The summed E-state index contributed by atoms with van der Waals surface area (Å²) in [4.78, 5) is 12.2. The van der Waals surface area contributed by atoms with Crippen molar-refractivity contribution in [3.05, 3.63) is 29.8 Å². The second-order valence-corrected chi connectivity index (χ2v) is 8.01. The van der Waals surface area contributed by atoms with E-state index >= 15 is 0 Å². The Balaban J connectivity index is 2.70. The van der Waals surface area contributed by atoms with Crippen molar-refractivity contribution >= 4 is 21.6 Å². The fourth-order valence-corrected chi connectivity index (χ4v) is 3.64. The van der Waals surface area contributed by atoms with Gasteiger partial charge in [-0.3, -0.25) is 9.10 Å². The predicted molar refractivity (Wildman–Crippen MR) is 99.9 cm³/mol. The lowest BCUT2D eigenvalue weighted by molar-refractivity contribution is 0.0946. The first-order valence-electron chi connectivity index (χ1n) is 8.69. The molecule has 0 aliphatic heterocycles. The van der Waals surface area contributed by atoms with Gasteiger partial charge in [0.15, 0.2) is 0 Å². The van der Waals surface area contributed by atoms with Gasteiger partial charge in [0.25, 0.3) is 5.91 Å². The maximum atomic E-state index is 12.2. The van der Waals surface area contributed by atoms with E-state index < -0.39 is 10.0 Å². The number of carbonyl (C=O) groups is 1. The summed E-state index contributed by atoms with van der Waals surface area (Å²) in [6.45, 7) is 7.14. The highest BCUT2D eigenvalue weighted by Gasteiger charge is 2.16. The van der Waals surface area contributed by atoms with E-state index in [1.165, 1.54) is 23.4 Å². The molecule has 136 valence electrons. The molecule has 6 heteroatoms. The first kappa shape index (κ1) is 20.5. The summed E-state index contributed by atoms with van der Waals surface area (Å²) in [6, 6.07) is 6.69. The molecule has 0 spiro atoms. The van der Waals surface area contributed by atoms with Crippen LogP contribution in [0.1, 0.15) is 56.8 Å². The Hall–Kier alpha value is -1.56. The van der Waals surface area contributed by atoms with Crippen LogP contribution in [0, 0.1) is 5.92 Å². The van der Waals surface area contributed by atoms with Gasteiger partial charge in [0, 0.05) is 18.7 Å². The molecule has 0 bridgehead atoms. The average molecular weight is 355 g/mol. The molecule has 0 unspecified atom stereocenters. The molecule has 0 fully saturated rings. The zero-order chi connectivity index (χ0) is 18.2. The second kappa shape index (κ2) is 9.67. The van der Waals surface area contributed by atoms with Crippen LogP contribution < -0.4 is 9.62 Å². The third-order valence-corrected chi connectivity index (χ3v) is 5.47. The van der Waals surface area contributed by atoms with E-state index in [0.29, 0.717) is 30.3 Å². The summed E-state index contributed by atoms with van der Waals surface area (Å²) in [7, 11) is -3.30. The van der Waals surface area contributed by atoms with Crippen LogP contribution >= 0.6 is 0 Å².